The molecule has 0 radical (unpaired) electrons. The molecule has 0 bridgehead atoms. The van der Waals surface area contributed by atoms with Crippen LogP contribution in [0.2, 0.25) is 5.02 Å². The number of hydrogen-bond donors (Lipinski definition) is 2. The fraction of sp³-hybridized carbons (Fsp3) is 0.462. The average molecular weight is 298 g/mol. The first kappa shape index (κ1) is 14.7. The molecule has 1 aromatic carbocycles. The number of hydrogen-bond acceptors (Lipinski definition) is 4. The highest BCUT2D eigenvalue weighted by atomic mass is 35.5. The summed E-state index contributed by atoms with van der Waals surface area (Å²) in [6.07, 6.45) is 1.97. The van der Waals surface area contributed by atoms with Crippen LogP contribution in [0.5, 0.6) is 0 Å². The van der Waals surface area contributed by atoms with E-state index in [-0.39, 0.29) is 29.1 Å². The minimum atomic E-state index is -0.509. The van der Waals surface area contributed by atoms with Gasteiger partial charge in [0.05, 0.1) is 16.4 Å². The van der Waals surface area contributed by atoms with Crippen molar-refractivity contribution in [3.05, 3.63) is 38.9 Å². The zero-order valence-corrected chi connectivity index (χ0v) is 11.7. The molecule has 20 heavy (non-hydrogen) atoms. The first-order valence-corrected chi connectivity index (χ1v) is 6.87. The fourth-order valence-electron chi connectivity index (χ4n) is 2.21. The normalized spacial score (nSPS) is 15.8. The van der Waals surface area contributed by atoms with Crippen LogP contribution in [0.1, 0.15) is 18.4 Å². The predicted molar refractivity (Wildman–Crippen MR) is 75.8 cm³/mol. The Balaban J connectivity index is 1.95. The Morgan fingerprint density at radius 3 is 2.75 bits per heavy atom. The Morgan fingerprint density at radius 1 is 1.45 bits per heavy atom. The zero-order chi connectivity index (χ0) is 14.5. The van der Waals surface area contributed by atoms with Gasteiger partial charge < -0.3 is 10.6 Å². The number of carbonyl (C=O) groups excluding carboxylic acids is 1. The van der Waals surface area contributed by atoms with Crippen molar-refractivity contribution >= 4 is 23.2 Å². The monoisotopic (exact) mass is 297 g/mol. The third-order valence-electron chi connectivity index (χ3n) is 3.30. The highest BCUT2D eigenvalue weighted by molar-refractivity contribution is 6.31. The van der Waals surface area contributed by atoms with Crippen molar-refractivity contribution in [3.63, 3.8) is 0 Å². The van der Waals surface area contributed by atoms with E-state index in [1.165, 1.54) is 18.2 Å². The standard InChI is InChI=1S/C13H16ClN3O3/c14-12-8-11(17(19)20)2-1-9(12)7-13(18)16-10-3-5-15-6-4-10/h1-2,8,10,15H,3-7H2,(H,16,18). The molecule has 6 nitrogen and oxygen atoms in total. The third-order valence-corrected chi connectivity index (χ3v) is 3.65. The van der Waals surface area contributed by atoms with Crippen LogP contribution in [0.4, 0.5) is 5.69 Å². The molecule has 1 heterocycles. The second-order valence-corrected chi connectivity index (χ2v) is 5.21. The van der Waals surface area contributed by atoms with Crippen molar-refractivity contribution in [2.75, 3.05) is 13.1 Å². The number of benzene rings is 1. The van der Waals surface area contributed by atoms with E-state index in [0.29, 0.717) is 5.56 Å². The van der Waals surface area contributed by atoms with E-state index in [0.717, 1.165) is 25.9 Å². The highest BCUT2D eigenvalue weighted by Crippen LogP contribution is 2.22. The molecule has 1 aromatic rings. The Kier molecular flexibility index (Phi) is 4.92. The number of halogens is 1. The van der Waals surface area contributed by atoms with Crippen molar-refractivity contribution in [2.24, 2.45) is 0 Å². The van der Waals surface area contributed by atoms with Crippen molar-refractivity contribution < 1.29 is 9.72 Å². The van der Waals surface area contributed by atoms with Gasteiger partial charge in [-0.15, -0.1) is 0 Å². The maximum atomic E-state index is 11.9. The van der Waals surface area contributed by atoms with Crippen LogP contribution >= 0.6 is 11.6 Å². The van der Waals surface area contributed by atoms with Crippen LogP contribution in [0, 0.1) is 10.1 Å². The lowest BCUT2D eigenvalue weighted by Gasteiger charge is -2.23. The molecule has 0 aliphatic carbocycles. The molecular formula is C13H16ClN3O3. The Morgan fingerprint density at radius 2 is 2.15 bits per heavy atom. The first-order chi connectivity index (χ1) is 9.56. The molecule has 0 unspecified atom stereocenters. The molecule has 0 atom stereocenters. The molecule has 1 aliphatic rings. The van der Waals surface area contributed by atoms with Gasteiger partial charge in [-0.25, -0.2) is 0 Å². The van der Waals surface area contributed by atoms with Gasteiger partial charge in [-0.1, -0.05) is 17.7 Å². The van der Waals surface area contributed by atoms with Crippen molar-refractivity contribution in [2.45, 2.75) is 25.3 Å². The summed E-state index contributed by atoms with van der Waals surface area (Å²) in [5.41, 5.74) is 0.529. The third kappa shape index (κ3) is 3.91. The second kappa shape index (κ2) is 6.67. The molecule has 0 spiro atoms. The molecule has 0 aromatic heterocycles. The summed E-state index contributed by atoms with van der Waals surface area (Å²) >= 11 is 5.97. The number of rotatable bonds is 4. The van der Waals surface area contributed by atoms with Crippen molar-refractivity contribution in [1.82, 2.24) is 10.6 Å². The van der Waals surface area contributed by atoms with Crippen LogP contribution < -0.4 is 10.6 Å². The van der Waals surface area contributed by atoms with E-state index in [1.807, 2.05) is 0 Å². The quantitative estimate of drug-likeness (QED) is 0.654. The molecule has 7 heteroatoms. The molecule has 0 saturated carbocycles. The van der Waals surface area contributed by atoms with Gasteiger partial charge in [-0.3, -0.25) is 14.9 Å². The van der Waals surface area contributed by atoms with Gasteiger partial charge in [0.2, 0.25) is 5.91 Å². The van der Waals surface area contributed by atoms with Crippen LogP contribution in [-0.4, -0.2) is 30.0 Å². The van der Waals surface area contributed by atoms with Crippen LogP contribution in [0.25, 0.3) is 0 Å². The lowest BCUT2D eigenvalue weighted by Crippen LogP contribution is -2.43. The summed E-state index contributed by atoms with van der Waals surface area (Å²) in [6.45, 7) is 1.81. The maximum absolute atomic E-state index is 11.9. The lowest BCUT2D eigenvalue weighted by atomic mass is 10.1. The van der Waals surface area contributed by atoms with Crippen LogP contribution in [0.15, 0.2) is 18.2 Å². The number of non-ortho nitro benzene ring substituents is 1. The van der Waals surface area contributed by atoms with Gasteiger partial charge in [0, 0.05) is 18.2 Å². The Hall–Kier alpha value is -1.66. The highest BCUT2D eigenvalue weighted by Gasteiger charge is 2.17. The topological polar surface area (TPSA) is 84.3 Å². The van der Waals surface area contributed by atoms with Crippen LogP contribution in [-0.2, 0) is 11.2 Å². The van der Waals surface area contributed by atoms with Gasteiger partial charge in [0.1, 0.15) is 0 Å². The van der Waals surface area contributed by atoms with Crippen molar-refractivity contribution in [1.29, 1.82) is 0 Å². The van der Waals surface area contributed by atoms with E-state index in [1.54, 1.807) is 0 Å². The molecule has 1 aliphatic heterocycles. The minimum absolute atomic E-state index is 0.0717. The predicted octanol–water partition coefficient (Wildman–Crippen LogP) is 1.66. The maximum Gasteiger partial charge on any atom is 0.270 e. The molecule has 1 saturated heterocycles. The summed E-state index contributed by atoms with van der Waals surface area (Å²) in [5.74, 6) is -0.104. The number of nitrogens with one attached hydrogen (secondary N) is 2. The number of nitro groups is 1. The van der Waals surface area contributed by atoms with E-state index in [2.05, 4.69) is 10.6 Å². The molecule has 1 fully saturated rings. The number of amides is 1. The molecule has 1 amide bonds. The van der Waals surface area contributed by atoms with E-state index < -0.39 is 4.92 Å². The Bertz CT molecular complexity index is 516. The largest absolute Gasteiger partial charge is 0.353 e. The summed E-state index contributed by atoms with van der Waals surface area (Å²) in [6, 6.07) is 4.36. The first-order valence-electron chi connectivity index (χ1n) is 6.49. The van der Waals surface area contributed by atoms with Gasteiger partial charge in [0.15, 0.2) is 0 Å². The van der Waals surface area contributed by atoms with Gasteiger partial charge in [-0.05, 0) is 31.5 Å². The molecule has 2 N–H and O–H groups in total. The molecular weight excluding hydrogens is 282 g/mol. The number of carbonyl (C=O) groups is 1. The smallest absolute Gasteiger partial charge is 0.270 e. The van der Waals surface area contributed by atoms with E-state index in [4.69, 9.17) is 11.6 Å². The lowest BCUT2D eigenvalue weighted by molar-refractivity contribution is -0.384. The zero-order valence-electron chi connectivity index (χ0n) is 10.9. The summed E-state index contributed by atoms with van der Waals surface area (Å²) in [7, 11) is 0. The van der Waals surface area contributed by atoms with Gasteiger partial charge in [-0.2, -0.15) is 0 Å². The minimum Gasteiger partial charge on any atom is -0.353 e. The fourth-order valence-corrected chi connectivity index (χ4v) is 2.45. The molecule has 2 rings (SSSR count). The number of nitrogens with zero attached hydrogens (tertiary/aromatic N) is 1. The van der Waals surface area contributed by atoms with Gasteiger partial charge >= 0.3 is 0 Å². The Labute approximate surface area is 121 Å². The van der Waals surface area contributed by atoms with E-state index >= 15 is 0 Å². The summed E-state index contributed by atoms with van der Waals surface area (Å²) in [4.78, 5) is 22.0. The number of piperidine rings is 1. The van der Waals surface area contributed by atoms with Crippen LogP contribution in [0.3, 0.4) is 0 Å². The van der Waals surface area contributed by atoms with Crippen molar-refractivity contribution in [3.8, 4) is 0 Å². The van der Waals surface area contributed by atoms with E-state index in [9.17, 15) is 14.9 Å². The number of nitro benzene ring substituents is 1. The summed E-state index contributed by atoms with van der Waals surface area (Å²) in [5, 5.41) is 17.0. The summed E-state index contributed by atoms with van der Waals surface area (Å²) < 4.78 is 0. The average Bonchev–Trinajstić information content (AvgIpc) is 2.42. The second-order valence-electron chi connectivity index (χ2n) is 4.80. The SMILES string of the molecule is O=C(Cc1ccc([N+](=O)[O-])cc1Cl)NC1CCNCC1. The molecule has 108 valence electrons. The van der Waals surface area contributed by atoms with Gasteiger partial charge in [0.25, 0.3) is 5.69 Å².